The van der Waals surface area contributed by atoms with E-state index in [1.165, 1.54) is 11.1 Å². The Bertz CT molecular complexity index is 250. The third-order valence-corrected chi connectivity index (χ3v) is 2.16. The highest BCUT2D eigenvalue weighted by molar-refractivity contribution is 5.21. The first-order valence-electron chi connectivity index (χ1n) is 5.38. The molecule has 0 bridgehead atoms. The third-order valence-electron chi connectivity index (χ3n) is 2.16. The molecule has 78 valence electrons. The molecule has 1 aromatic rings. The Hall–Kier alpha value is -0.920. The summed E-state index contributed by atoms with van der Waals surface area (Å²) in [6.07, 6.45) is 6.05. The lowest BCUT2D eigenvalue weighted by Gasteiger charge is -2.11. The van der Waals surface area contributed by atoms with Gasteiger partial charge in [0.15, 0.2) is 0 Å². The van der Waals surface area contributed by atoms with Gasteiger partial charge in [0, 0.05) is 0 Å². The first-order chi connectivity index (χ1) is 6.59. The summed E-state index contributed by atoms with van der Waals surface area (Å²) in [7, 11) is 0. The molecule has 0 aliphatic heterocycles. The van der Waals surface area contributed by atoms with Crippen LogP contribution in [0, 0.1) is 11.8 Å². The van der Waals surface area contributed by atoms with Gasteiger partial charge in [0.1, 0.15) is 0 Å². The summed E-state index contributed by atoms with van der Waals surface area (Å²) in [6, 6.07) is 0. The normalized spacial score (nSPS) is 11.3. The fourth-order valence-corrected chi connectivity index (χ4v) is 1.62. The van der Waals surface area contributed by atoms with Crippen molar-refractivity contribution >= 4 is 0 Å². The molecule has 0 aliphatic rings. The summed E-state index contributed by atoms with van der Waals surface area (Å²) in [5.41, 5.74) is 2.73. The molecule has 1 aromatic heterocycles. The van der Waals surface area contributed by atoms with Crippen LogP contribution < -0.4 is 0 Å². The van der Waals surface area contributed by atoms with Gasteiger partial charge >= 0.3 is 0 Å². The quantitative estimate of drug-likeness (QED) is 0.733. The number of aromatic nitrogens is 2. The second-order valence-electron chi connectivity index (χ2n) is 4.74. The Kier molecular flexibility index (Phi) is 4.05. The first-order valence-corrected chi connectivity index (χ1v) is 5.38. The summed E-state index contributed by atoms with van der Waals surface area (Å²) in [4.78, 5) is 0. The van der Waals surface area contributed by atoms with E-state index in [1.54, 1.807) is 0 Å². The molecule has 1 heterocycles. The van der Waals surface area contributed by atoms with Crippen molar-refractivity contribution < 1.29 is 0 Å². The molecular formula is C12H20N2. The molecule has 0 radical (unpaired) electrons. The first kappa shape index (κ1) is 11.2. The van der Waals surface area contributed by atoms with Gasteiger partial charge in [0.25, 0.3) is 0 Å². The van der Waals surface area contributed by atoms with Crippen LogP contribution in [0.2, 0.25) is 0 Å². The number of hydrogen-bond donors (Lipinski definition) is 0. The van der Waals surface area contributed by atoms with Crippen molar-refractivity contribution in [3.8, 4) is 0 Å². The summed E-state index contributed by atoms with van der Waals surface area (Å²) < 4.78 is 0. The summed E-state index contributed by atoms with van der Waals surface area (Å²) in [5.74, 6) is 1.37. The standard InChI is InChI=1S/C12H20N2/c1-9(2)5-11-7-13-14-8-12(11)6-10(3)4/h7-10H,5-6H2,1-4H3. The molecule has 0 atom stereocenters. The van der Waals surface area contributed by atoms with E-state index in [0.717, 1.165) is 12.8 Å². The molecule has 0 saturated carbocycles. The molecule has 2 heteroatoms. The van der Waals surface area contributed by atoms with Crippen LogP contribution >= 0.6 is 0 Å². The number of hydrogen-bond acceptors (Lipinski definition) is 2. The molecule has 0 unspecified atom stereocenters. The lowest BCUT2D eigenvalue weighted by molar-refractivity contribution is 0.610. The molecule has 0 saturated heterocycles. The predicted octanol–water partition coefficient (Wildman–Crippen LogP) is 2.87. The zero-order valence-electron chi connectivity index (χ0n) is 9.62. The topological polar surface area (TPSA) is 25.8 Å². The van der Waals surface area contributed by atoms with E-state index in [-0.39, 0.29) is 0 Å². The molecule has 2 nitrogen and oxygen atoms in total. The zero-order chi connectivity index (χ0) is 10.6. The van der Waals surface area contributed by atoms with E-state index in [0.29, 0.717) is 11.8 Å². The molecular weight excluding hydrogens is 172 g/mol. The Labute approximate surface area is 86.8 Å². The average Bonchev–Trinajstić information content (AvgIpc) is 2.06. The van der Waals surface area contributed by atoms with Crippen LogP contribution in [0.1, 0.15) is 38.8 Å². The highest BCUT2D eigenvalue weighted by Gasteiger charge is 2.06. The second kappa shape index (κ2) is 5.08. The SMILES string of the molecule is CC(C)Cc1cnncc1CC(C)C. The van der Waals surface area contributed by atoms with Gasteiger partial charge in [0.2, 0.25) is 0 Å². The lowest BCUT2D eigenvalue weighted by atomic mass is 9.95. The molecule has 0 aromatic carbocycles. The van der Waals surface area contributed by atoms with E-state index in [1.807, 2.05) is 12.4 Å². The summed E-state index contributed by atoms with van der Waals surface area (Å²) >= 11 is 0. The molecule has 0 aliphatic carbocycles. The molecule has 0 fully saturated rings. The zero-order valence-corrected chi connectivity index (χ0v) is 9.62. The number of rotatable bonds is 4. The van der Waals surface area contributed by atoms with E-state index in [9.17, 15) is 0 Å². The molecule has 0 amide bonds. The Morgan fingerprint density at radius 1 is 0.857 bits per heavy atom. The maximum absolute atomic E-state index is 3.96. The lowest BCUT2D eigenvalue weighted by Crippen LogP contribution is -2.04. The van der Waals surface area contributed by atoms with Crippen LogP contribution in [-0.2, 0) is 12.8 Å². The van der Waals surface area contributed by atoms with Gasteiger partial charge in [0.05, 0.1) is 12.4 Å². The van der Waals surface area contributed by atoms with Crippen molar-refractivity contribution in [1.29, 1.82) is 0 Å². The largest absolute Gasteiger partial charge is 0.159 e. The number of nitrogens with zero attached hydrogens (tertiary/aromatic N) is 2. The van der Waals surface area contributed by atoms with Crippen LogP contribution in [-0.4, -0.2) is 10.2 Å². The maximum atomic E-state index is 3.96. The van der Waals surface area contributed by atoms with Crippen LogP contribution in [0.4, 0.5) is 0 Å². The van der Waals surface area contributed by atoms with E-state index >= 15 is 0 Å². The van der Waals surface area contributed by atoms with Gasteiger partial charge in [-0.25, -0.2) is 0 Å². The van der Waals surface area contributed by atoms with Crippen molar-refractivity contribution in [1.82, 2.24) is 10.2 Å². The van der Waals surface area contributed by atoms with E-state index in [2.05, 4.69) is 37.9 Å². The molecule has 0 spiro atoms. The van der Waals surface area contributed by atoms with Gasteiger partial charge in [-0.15, -0.1) is 0 Å². The van der Waals surface area contributed by atoms with E-state index in [4.69, 9.17) is 0 Å². The smallest absolute Gasteiger partial charge is 0.0531 e. The van der Waals surface area contributed by atoms with Crippen LogP contribution in [0.3, 0.4) is 0 Å². The monoisotopic (exact) mass is 192 g/mol. The maximum Gasteiger partial charge on any atom is 0.0531 e. The minimum Gasteiger partial charge on any atom is -0.159 e. The Morgan fingerprint density at radius 3 is 1.50 bits per heavy atom. The minimum atomic E-state index is 0.685. The molecule has 1 rings (SSSR count). The van der Waals surface area contributed by atoms with Crippen LogP contribution in [0.5, 0.6) is 0 Å². The Balaban J connectivity index is 2.80. The van der Waals surface area contributed by atoms with Gasteiger partial charge in [-0.1, -0.05) is 27.7 Å². The van der Waals surface area contributed by atoms with Gasteiger partial charge in [-0.05, 0) is 35.8 Å². The third kappa shape index (κ3) is 3.44. The van der Waals surface area contributed by atoms with Crippen molar-refractivity contribution in [2.24, 2.45) is 11.8 Å². The summed E-state index contributed by atoms with van der Waals surface area (Å²) in [5, 5.41) is 7.91. The van der Waals surface area contributed by atoms with Gasteiger partial charge in [-0.3, -0.25) is 0 Å². The Morgan fingerprint density at radius 2 is 1.21 bits per heavy atom. The van der Waals surface area contributed by atoms with E-state index < -0.39 is 0 Å². The molecule has 14 heavy (non-hydrogen) atoms. The van der Waals surface area contributed by atoms with Crippen molar-refractivity contribution in [2.45, 2.75) is 40.5 Å². The van der Waals surface area contributed by atoms with Crippen LogP contribution in [0.25, 0.3) is 0 Å². The highest BCUT2D eigenvalue weighted by Crippen LogP contribution is 2.15. The molecule has 0 N–H and O–H groups in total. The fourth-order valence-electron chi connectivity index (χ4n) is 1.62. The van der Waals surface area contributed by atoms with Crippen molar-refractivity contribution in [3.63, 3.8) is 0 Å². The van der Waals surface area contributed by atoms with Gasteiger partial charge < -0.3 is 0 Å². The predicted molar refractivity (Wildman–Crippen MR) is 59.1 cm³/mol. The van der Waals surface area contributed by atoms with Gasteiger partial charge in [-0.2, -0.15) is 10.2 Å². The minimum absolute atomic E-state index is 0.685. The highest BCUT2D eigenvalue weighted by atomic mass is 15.1. The summed E-state index contributed by atoms with van der Waals surface area (Å²) in [6.45, 7) is 8.94. The average molecular weight is 192 g/mol. The second-order valence-corrected chi connectivity index (χ2v) is 4.74. The van der Waals surface area contributed by atoms with Crippen LogP contribution in [0.15, 0.2) is 12.4 Å². The van der Waals surface area contributed by atoms with Crippen molar-refractivity contribution in [2.75, 3.05) is 0 Å². The fraction of sp³-hybridized carbons (Fsp3) is 0.667. The van der Waals surface area contributed by atoms with Crippen molar-refractivity contribution in [3.05, 3.63) is 23.5 Å².